The van der Waals surface area contributed by atoms with Gasteiger partial charge in [-0.3, -0.25) is 10.0 Å². The largest absolute Gasteiger partial charge is 0.289 e. The maximum atomic E-state index is 12.8. The van der Waals surface area contributed by atoms with Crippen LogP contribution < -0.4 is 5.48 Å². The van der Waals surface area contributed by atoms with Crippen molar-refractivity contribution in [2.45, 2.75) is 32.6 Å². The van der Waals surface area contributed by atoms with Gasteiger partial charge in [-0.05, 0) is 29.2 Å². The lowest BCUT2D eigenvalue weighted by Gasteiger charge is -2.21. The fourth-order valence-corrected chi connectivity index (χ4v) is 4.39. The summed E-state index contributed by atoms with van der Waals surface area (Å²) >= 11 is 0. The van der Waals surface area contributed by atoms with Crippen LogP contribution in [-0.2, 0) is 21.2 Å². The first-order chi connectivity index (χ1) is 12.5. The number of hydrogen-bond donors (Lipinski definition) is 2. The molecule has 0 radical (unpaired) electrons. The van der Waals surface area contributed by atoms with E-state index in [4.69, 9.17) is 5.21 Å². The average Bonchev–Trinajstić information content (AvgIpc) is 2.65. The zero-order chi connectivity index (χ0) is 19.0. The van der Waals surface area contributed by atoms with Crippen molar-refractivity contribution in [2.75, 3.05) is 18.8 Å². The molecule has 26 heavy (non-hydrogen) atoms. The number of unbranched alkanes of at least 4 members (excludes halogenated alkanes) is 2. The lowest BCUT2D eigenvalue weighted by Crippen LogP contribution is -2.41. The maximum Gasteiger partial charge on any atom is 0.258 e. The number of carbonyl (C=O) groups excluding carboxylic acids is 1. The third kappa shape index (κ3) is 5.52. The molecule has 1 amide bonds. The van der Waals surface area contributed by atoms with Crippen LogP contribution in [0.25, 0.3) is 10.8 Å². The Bertz CT molecular complexity index is 831. The number of carbonyl (C=O) groups is 1. The number of hydroxylamine groups is 1. The van der Waals surface area contributed by atoms with Gasteiger partial charge in [0.25, 0.3) is 5.91 Å². The van der Waals surface area contributed by atoms with Crippen LogP contribution in [0.5, 0.6) is 0 Å². The first-order valence-corrected chi connectivity index (χ1v) is 10.5. The minimum atomic E-state index is -3.61. The molecule has 2 N–H and O–H groups in total. The SMILES string of the molecule is CCCCCN(CC(=O)NO)S(=O)(=O)CCc1cccc2ccccc12. The first-order valence-electron chi connectivity index (χ1n) is 8.85. The molecule has 0 atom stereocenters. The summed E-state index contributed by atoms with van der Waals surface area (Å²) in [6, 6.07) is 13.7. The van der Waals surface area contributed by atoms with Crippen LogP contribution in [0, 0.1) is 0 Å². The highest BCUT2D eigenvalue weighted by molar-refractivity contribution is 7.89. The van der Waals surface area contributed by atoms with Gasteiger partial charge in [0.05, 0.1) is 12.3 Å². The zero-order valence-electron chi connectivity index (χ0n) is 15.0. The van der Waals surface area contributed by atoms with Crippen LogP contribution in [0.4, 0.5) is 0 Å². The molecule has 0 heterocycles. The van der Waals surface area contributed by atoms with E-state index in [2.05, 4.69) is 0 Å². The standard InChI is InChI=1S/C19H26N2O4S/c1-2-3-6-13-21(15-19(22)20-23)26(24,25)14-12-17-10-7-9-16-8-4-5-11-18(16)17/h4-5,7-11,23H,2-3,6,12-15H2,1H3,(H,20,22). The van der Waals surface area contributed by atoms with E-state index in [-0.39, 0.29) is 18.8 Å². The summed E-state index contributed by atoms with van der Waals surface area (Å²) in [6.07, 6.45) is 2.89. The number of benzene rings is 2. The number of amides is 1. The Morgan fingerprint density at radius 2 is 1.85 bits per heavy atom. The predicted octanol–water partition coefficient (Wildman–Crippen LogP) is 2.71. The number of hydrogen-bond acceptors (Lipinski definition) is 4. The number of nitrogens with one attached hydrogen (secondary N) is 1. The Labute approximate surface area is 154 Å². The van der Waals surface area contributed by atoms with Crippen LogP contribution in [0.15, 0.2) is 42.5 Å². The Kier molecular flexibility index (Phi) is 7.56. The summed E-state index contributed by atoms with van der Waals surface area (Å²) in [5.74, 6) is -0.804. The third-order valence-corrected chi connectivity index (χ3v) is 6.18. The Morgan fingerprint density at radius 3 is 2.58 bits per heavy atom. The molecule has 0 bridgehead atoms. The second kappa shape index (κ2) is 9.66. The molecule has 2 rings (SSSR count). The topological polar surface area (TPSA) is 86.7 Å². The van der Waals surface area contributed by atoms with Crippen LogP contribution in [0.3, 0.4) is 0 Å². The molecule has 0 fully saturated rings. The van der Waals surface area contributed by atoms with Gasteiger partial charge in [-0.2, -0.15) is 4.31 Å². The van der Waals surface area contributed by atoms with Crippen molar-refractivity contribution in [1.82, 2.24) is 9.79 Å². The molecule has 0 unspecified atom stereocenters. The van der Waals surface area contributed by atoms with Crippen molar-refractivity contribution in [2.24, 2.45) is 0 Å². The summed E-state index contributed by atoms with van der Waals surface area (Å²) in [5, 5.41) is 10.8. The second-order valence-electron chi connectivity index (χ2n) is 6.28. The molecular formula is C19H26N2O4S. The summed E-state index contributed by atoms with van der Waals surface area (Å²) in [5.41, 5.74) is 2.48. The Balaban J connectivity index is 2.13. The highest BCUT2D eigenvalue weighted by atomic mass is 32.2. The number of sulfonamides is 1. The van der Waals surface area contributed by atoms with Crippen LogP contribution >= 0.6 is 0 Å². The van der Waals surface area contributed by atoms with Gasteiger partial charge >= 0.3 is 0 Å². The Morgan fingerprint density at radius 1 is 1.12 bits per heavy atom. The van der Waals surface area contributed by atoms with Gasteiger partial charge in [-0.25, -0.2) is 13.9 Å². The minimum Gasteiger partial charge on any atom is -0.289 e. The van der Waals surface area contributed by atoms with Crippen molar-refractivity contribution >= 4 is 26.7 Å². The summed E-state index contributed by atoms with van der Waals surface area (Å²) in [6.45, 7) is 1.94. The van der Waals surface area contributed by atoms with E-state index in [1.165, 1.54) is 9.79 Å². The molecule has 6 nitrogen and oxygen atoms in total. The average molecular weight is 378 g/mol. The van der Waals surface area contributed by atoms with E-state index >= 15 is 0 Å². The van der Waals surface area contributed by atoms with Gasteiger partial charge in [0.15, 0.2) is 0 Å². The molecule has 0 aliphatic carbocycles. The molecule has 0 saturated heterocycles. The molecule has 0 aromatic heterocycles. The summed E-state index contributed by atoms with van der Waals surface area (Å²) < 4.78 is 26.7. The molecule has 2 aromatic carbocycles. The van der Waals surface area contributed by atoms with Crippen molar-refractivity contribution in [3.63, 3.8) is 0 Å². The molecule has 142 valence electrons. The van der Waals surface area contributed by atoms with Gasteiger partial charge in [0, 0.05) is 6.54 Å². The monoisotopic (exact) mass is 378 g/mol. The number of aryl methyl sites for hydroxylation is 1. The molecule has 2 aromatic rings. The maximum absolute atomic E-state index is 12.8. The summed E-state index contributed by atoms with van der Waals surface area (Å²) in [4.78, 5) is 11.5. The molecule has 0 aliphatic heterocycles. The van der Waals surface area contributed by atoms with Crippen LogP contribution in [-0.4, -0.2) is 42.7 Å². The van der Waals surface area contributed by atoms with Gasteiger partial charge in [0.2, 0.25) is 10.0 Å². The predicted molar refractivity (Wildman–Crippen MR) is 102 cm³/mol. The van der Waals surface area contributed by atoms with Crippen molar-refractivity contribution in [3.05, 3.63) is 48.0 Å². The van der Waals surface area contributed by atoms with E-state index in [9.17, 15) is 13.2 Å². The molecule has 0 saturated carbocycles. The van der Waals surface area contributed by atoms with Crippen LogP contribution in [0.2, 0.25) is 0 Å². The lowest BCUT2D eigenvalue weighted by molar-refractivity contribution is -0.129. The number of rotatable bonds is 10. The zero-order valence-corrected chi connectivity index (χ0v) is 15.8. The second-order valence-corrected chi connectivity index (χ2v) is 8.37. The van der Waals surface area contributed by atoms with E-state index in [1.807, 2.05) is 49.4 Å². The summed E-state index contributed by atoms with van der Waals surface area (Å²) in [7, 11) is -3.61. The smallest absolute Gasteiger partial charge is 0.258 e. The van der Waals surface area contributed by atoms with Crippen molar-refractivity contribution in [1.29, 1.82) is 0 Å². The van der Waals surface area contributed by atoms with Crippen LogP contribution in [0.1, 0.15) is 31.7 Å². The fourth-order valence-electron chi connectivity index (χ4n) is 2.93. The fraction of sp³-hybridized carbons (Fsp3) is 0.421. The Hall–Kier alpha value is -1.96. The normalized spacial score (nSPS) is 11.8. The van der Waals surface area contributed by atoms with E-state index in [0.717, 1.165) is 29.2 Å². The molecule has 7 heteroatoms. The number of fused-ring (bicyclic) bond motifs is 1. The van der Waals surface area contributed by atoms with Gasteiger partial charge in [0.1, 0.15) is 0 Å². The van der Waals surface area contributed by atoms with Crippen molar-refractivity contribution < 1.29 is 18.4 Å². The van der Waals surface area contributed by atoms with E-state index in [1.54, 1.807) is 0 Å². The van der Waals surface area contributed by atoms with Crippen molar-refractivity contribution in [3.8, 4) is 0 Å². The van der Waals surface area contributed by atoms with E-state index < -0.39 is 15.9 Å². The molecular weight excluding hydrogens is 352 g/mol. The molecule has 0 spiro atoms. The number of nitrogens with zero attached hydrogens (tertiary/aromatic N) is 1. The third-order valence-electron chi connectivity index (χ3n) is 4.36. The van der Waals surface area contributed by atoms with Gasteiger partial charge < -0.3 is 0 Å². The van der Waals surface area contributed by atoms with Gasteiger partial charge in [-0.1, -0.05) is 62.2 Å². The molecule has 0 aliphatic rings. The quantitative estimate of drug-likeness (QED) is 0.378. The highest BCUT2D eigenvalue weighted by Crippen LogP contribution is 2.20. The van der Waals surface area contributed by atoms with E-state index in [0.29, 0.717) is 12.8 Å². The minimum absolute atomic E-state index is 0.0775. The van der Waals surface area contributed by atoms with Gasteiger partial charge in [-0.15, -0.1) is 0 Å². The highest BCUT2D eigenvalue weighted by Gasteiger charge is 2.24. The first kappa shape index (κ1) is 20.4. The lowest BCUT2D eigenvalue weighted by atomic mass is 10.0.